The molecule has 0 radical (unpaired) electrons. The summed E-state index contributed by atoms with van der Waals surface area (Å²) in [6, 6.07) is 7.68. The Balaban J connectivity index is 2.28. The number of rotatable bonds is 3. The molecule has 0 bridgehead atoms. The highest BCUT2D eigenvalue weighted by Gasteiger charge is 2.21. The summed E-state index contributed by atoms with van der Waals surface area (Å²) in [6.07, 6.45) is 1.34. The third-order valence-electron chi connectivity index (χ3n) is 2.57. The standard InChI is InChI=1S/C12H15NO2S/c14-12-6-8-15-11-5-2-1-4-10(11)13(12)7-3-9-16/h1-2,4-5,16H,3,6-9H2. The first-order chi connectivity index (χ1) is 7.83. The molecule has 16 heavy (non-hydrogen) atoms. The number of ether oxygens (including phenoxy) is 1. The smallest absolute Gasteiger partial charge is 0.230 e. The van der Waals surface area contributed by atoms with Crippen molar-refractivity contribution in [2.45, 2.75) is 12.8 Å². The minimum atomic E-state index is 0.131. The van der Waals surface area contributed by atoms with Gasteiger partial charge in [-0.05, 0) is 24.3 Å². The molecular weight excluding hydrogens is 222 g/mol. The lowest BCUT2D eigenvalue weighted by atomic mass is 10.2. The van der Waals surface area contributed by atoms with Crippen LogP contribution in [0.5, 0.6) is 5.75 Å². The van der Waals surface area contributed by atoms with Crippen molar-refractivity contribution in [3.8, 4) is 5.75 Å². The lowest BCUT2D eigenvalue weighted by Crippen LogP contribution is -2.31. The van der Waals surface area contributed by atoms with Crippen molar-refractivity contribution in [3.63, 3.8) is 0 Å². The van der Waals surface area contributed by atoms with E-state index >= 15 is 0 Å². The predicted octanol–water partition coefficient (Wildman–Crippen LogP) is 2.12. The van der Waals surface area contributed by atoms with Gasteiger partial charge in [-0.15, -0.1) is 0 Å². The van der Waals surface area contributed by atoms with E-state index < -0.39 is 0 Å². The lowest BCUT2D eigenvalue weighted by Gasteiger charge is -2.21. The van der Waals surface area contributed by atoms with Crippen molar-refractivity contribution in [1.29, 1.82) is 0 Å². The molecule has 0 unspecified atom stereocenters. The van der Waals surface area contributed by atoms with E-state index in [1.807, 2.05) is 24.3 Å². The highest BCUT2D eigenvalue weighted by molar-refractivity contribution is 7.80. The molecule has 86 valence electrons. The fourth-order valence-electron chi connectivity index (χ4n) is 1.79. The molecule has 0 saturated heterocycles. The molecule has 1 aliphatic heterocycles. The minimum Gasteiger partial charge on any atom is -0.491 e. The lowest BCUT2D eigenvalue weighted by molar-refractivity contribution is -0.118. The third-order valence-corrected chi connectivity index (χ3v) is 2.89. The Kier molecular flexibility index (Phi) is 3.72. The highest BCUT2D eigenvalue weighted by Crippen LogP contribution is 2.30. The summed E-state index contributed by atoms with van der Waals surface area (Å²) < 4.78 is 5.55. The average molecular weight is 237 g/mol. The van der Waals surface area contributed by atoms with E-state index in [9.17, 15) is 4.79 Å². The largest absolute Gasteiger partial charge is 0.491 e. The molecule has 4 heteroatoms. The molecular formula is C12H15NO2S. The number of hydrogen-bond acceptors (Lipinski definition) is 3. The van der Waals surface area contributed by atoms with Crippen molar-refractivity contribution >= 4 is 24.2 Å². The zero-order chi connectivity index (χ0) is 11.4. The zero-order valence-corrected chi connectivity index (χ0v) is 9.95. The van der Waals surface area contributed by atoms with Crippen LogP contribution in [0.2, 0.25) is 0 Å². The van der Waals surface area contributed by atoms with Crippen LogP contribution < -0.4 is 9.64 Å². The number of amides is 1. The van der Waals surface area contributed by atoms with Crippen LogP contribution in [-0.4, -0.2) is 24.8 Å². The first-order valence-corrected chi connectivity index (χ1v) is 6.09. The molecule has 0 aromatic heterocycles. The fraction of sp³-hybridized carbons (Fsp3) is 0.417. The van der Waals surface area contributed by atoms with Gasteiger partial charge in [-0.25, -0.2) is 0 Å². The van der Waals surface area contributed by atoms with E-state index in [0.29, 0.717) is 19.6 Å². The van der Waals surface area contributed by atoms with E-state index in [-0.39, 0.29) is 5.91 Å². The first-order valence-electron chi connectivity index (χ1n) is 5.46. The number of carbonyl (C=O) groups is 1. The zero-order valence-electron chi connectivity index (χ0n) is 9.06. The molecule has 1 aliphatic rings. The maximum Gasteiger partial charge on any atom is 0.230 e. The second-order valence-electron chi connectivity index (χ2n) is 3.69. The van der Waals surface area contributed by atoms with Gasteiger partial charge in [0.25, 0.3) is 0 Å². The SMILES string of the molecule is O=C1CCOc2ccccc2N1CCCS. The second kappa shape index (κ2) is 5.25. The monoisotopic (exact) mass is 237 g/mol. The van der Waals surface area contributed by atoms with Gasteiger partial charge < -0.3 is 9.64 Å². The fourth-order valence-corrected chi connectivity index (χ4v) is 1.94. The van der Waals surface area contributed by atoms with Crippen molar-refractivity contribution in [1.82, 2.24) is 0 Å². The third kappa shape index (κ3) is 2.32. The Morgan fingerprint density at radius 3 is 3.00 bits per heavy atom. The van der Waals surface area contributed by atoms with Crippen LogP contribution in [0.4, 0.5) is 5.69 Å². The Hall–Kier alpha value is -1.16. The van der Waals surface area contributed by atoms with Gasteiger partial charge in [-0.3, -0.25) is 4.79 Å². The van der Waals surface area contributed by atoms with E-state index in [4.69, 9.17) is 4.74 Å². The van der Waals surface area contributed by atoms with Gasteiger partial charge in [0, 0.05) is 6.54 Å². The summed E-state index contributed by atoms with van der Waals surface area (Å²) in [4.78, 5) is 13.7. The van der Waals surface area contributed by atoms with Crippen LogP contribution in [0.1, 0.15) is 12.8 Å². The summed E-state index contributed by atoms with van der Waals surface area (Å²) in [7, 11) is 0. The van der Waals surface area contributed by atoms with Crippen LogP contribution in [-0.2, 0) is 4.79 Å². The van der Waals surface area contributed by atoms with Gasteiger partial charge in [-0.1, -0.05) is 12.1 Å². The predicted molar refractivity (Wildman–Crippen MR) is 67.4 cm³/mol. The first kappa shape index (κ1) is 11.3. The van der Waals surface area contributed by atoms with Crippen molar-refractivity contribution < 1.29 is 9.53 Å². The Labute approximate surface area is 101 Å². The minimum absolute atomic E-state index is 0.131. The molecule has 1 amide bonds. The molecule has 0 spiro atoms. The van der Waals surface area contributed by atoms with Crippen molar-refractivity contribution in [2.24, 2.45) is 0 Å². The van der Waals surface area contributed by atoms with E-state index in [2.05, 4.69) is 12.6 Å². The van der Waals surface area contributed by atoms with E-state index in [0.717, 1.165) is 23.6 Å². The van der Waals surface area contributed by atoms with E-state index in [1.165, 1.54) is 0 Å². The van der Waals surface area contributed by atoms with Crippen LogP contribution in [0.25, 0.3) is 0 Å². The number of fused-ring (bicyclic) bond motifs is 1. The normalized spacial score (nSPS) is 15.3. The van der Waals surface area contributed by atoms with Gasteiger partial charge in [0.1, 0.15) is 5.75 Å². The molecule has 0 aliphatic carbocycles. The van der Waals surface area contributed by atoms with Gasteiger partial charge in [0.2, 0.25) is 5.91 Å². The van der Waals surface area contributed by atoms with Crippen LogP contribution >= 0.6 is 12.6 Å². The molecule has 1 heterocycles. The molecule has 0 atom stereocenters. The highest BCUT2D eigenvalue weighted by atomic mass is 32.1. The number of carbonyl (C=O) groups excluding carboxylic acids is 1. The Morgan fingerprint density at radius 1 is 1.38 bits per heavy atom. The molecule has 1 aromatic rings. The topological polar surface area (TPSA) is 29.5 Å². The number of thiol groups is 1. The van der Waals surface area contributed by atoms with Gasteiger partial charge in [0.15, 0.2) is 0 Å². The van der Waals surface area contributed by atoms with Crippen molar-refractivity contribution in [3.05, 3.63) is 24.3 Å². The molecule has 1 aromatic carbocycles. The number of anilines is 1. The van der Waals surface area contributed by atoms with Crippen LogP contribution in [0.15, 0.2) is 24.3 Å². The number of hydrogen-bond donors (Lipinski definition) is 1. The quantitative estimate of drug-likeness (QED) is 0.816. The number of nitrogens with zero attached hydrogens (tertiary/aromatic N) is 1. The number of para-hydroxylation sites is 2. The van der Waals surface area contributed by atoms with E-state index in [1.54, 1.807) is 4.90 Å². The summed E-state index contributed by atoms with van der Waals surface area (Å²) in [5.41, 5.74) is 0.881. The maximum atomic E-state index is 11.9. The maximum absolute atomic E-state index is 11.9. The second-order valence-corrected chi connectivity index (χ2v) is 4.14. The molecule has 0 fully saturated rings. The average Bonchev–Trinajstić information content (AvgIpc) is 2.46. The van der Waals surface area contributed by atoms with Crippen LogP contribution in [0.3, 0.4) is 0 Å². The molecule has 3 nitrogen and oxygen atoms in total. The van der Waals surface area contributed by atoms with Crippen LogP contribution in [0, 0.1) is 0 Å². The molecule has 0 saturated carbocycles. The van der Waals surface area contributed by atoms with Gasteiger partial charge in [-0.2, -0.15) is 12.6 Å². The number of benzene rings is 1. The molecule has 2 rings (SSSR count). The summed E-state index contributed by atoms with van der Waals surface area (Å²) in [6.45, 7) is 1.18. The van der Waals surface area contributed by atoms with Gasteiger partial charge >= 0.3 is 0 Å². The summed E-state index contributed by atoms with van der Waals surface area (Å²) in [5.74, 6) is 1.71. The Bertz CT molecular complexity index is 381. The molecule has 0 N–H and O–H groups in total. The van der Waals surface area contributed by atoms with Gasteiger partial charge in [0.05, 0.1) is 18.7 Å². The van der Waals surface area contributed by atoms with Crippen molar-refractivity contribution in [2.75, 3.05) is 23.8 Å². The summed E-state index contributed by atoms with van der Waals surface area (Å²) >= 11 is 4.18. The summed E-state index contributed by atoms with van der Waals surface area (Å²) in [5, 5.41) is 0. The Morgan fingerprint density at radius 2 is 2.19 bits per heavy atom.